The Bertz CT molecular complexity index is 649. The second-order valence-corrected chi connectivity index (χ2v) is 4.69. The molecule has 0 aromatic heterocycles. The van der Waals surface area contributed by atoms with E-state index < -0.39 is 0 Å². The maximum Gasteiger partial charge on any atom is 0.308 e. The molecule has 0 fully saturated rings. The molecule has 0 bridgehead atoms. The first-order valence-corrected chi connectivity index (χ1v) is 6.84. The monoisotopic (exact) mass is 298 g/mol. The molecule has 22 heavy (non-hydrogen) atoms. The van der Waals surface area contributed by atoms with Gasteiger partial charge in [0.2, 0.25) is 0 Å². The molecular weight excluding hydrogens is 280 g/mol. The molecule has 2 aromatic carbocycles. The molecule has 0 aliphatic carbocycles. The van der Waals surface area contributed by atoms with E-state index in [1.165, 1.54) is 7.11 Å². The number of nitrogens with two attached hydrogens (primary N) is 1. The summed E-state index contributed by atoms with van der Waals surface area (Å²) in [7, 11) is 1.36. The molecule has 0 aliphatic rings. The summed E-state index contributed by atoms with van der Waals surface area (Å²) in [6.45, 7) is 0.291. The van der Waals surface area contributed by atoms with Crippen molar-refractivity contribution in [2.45, 2.75) is 6.42 Å². The van der Waals surface area contributed by atoms with Crippen molar-refractivity contribution in [3.05, 3.63) is 54.1 Å². The number of hydrogen-bond acceptors (Lipinski definition) is 4. The SMILES string of the molecule is COC(=O)CCOc1ccc(-c2ccc(C(=N)N)cc2)cc1. The fourth-order valence-electron chi connectivity index (χ4n) is 1.94. The quantitative estimate of drug-likeness (QED) is 0.487. The lowest BCUT2D eigenvalue weighted by molar-refractivity contribution is -0.141. The number of nitrogen functional groups attached to an aromatic ring is 1. The number of ether oxygens (including phenoxy) is 2. The molecule has 0 aliphatic heterocycles. The van der Waals surface area contributed by atoms with E-state index in [0.29, 0.717) is 17.9 Å². The average molecular weight is 298 g/mol. The molecule has 0 radical (unpaired) electrons. The van der Waals surface area contributed by atoms with Gasteiger partial charge in [0.05, 0.1) is 20.1 Å². The number of rotatable bonds is 6. The molecule has 0 amide bonds. The van der Waals surface area contributed by atoms with Crippen molar-refractivity contribution in [1.29, 1.82) is 5.41 Å². The van der Waals surface area contributed by atoms with E-state index >= 15 is 0 Å². The average Bonchev–Trinajstić information content (AvgIpc) is 2.55. The van der Waals surface area contributed by atoms with Gasteiger partial charge in [0.15, 0.2) is 0 Å². The van der Waals surface area contributed by atoms with E-state index in [2.05, 4.69) is 4.74 Å². The van der Waals surface area contributed by atoms with E-state index in [-0.39, 0.29) is 18.2 Å². The molecule has 0 heterocycles. The minimum Gasteiger partial charge on any atom is -0.493 e. The lowest BCUT2D eigenvalue weighted by Crippen LogP contribution is -2.10. The highest BCUT2D eigenvalue weighted by Gasteiger charge is 2.03. The number of hydrogen-bond donors (Lipinski definition) is 2. The standard InChI is InChI=1S/C17H18N2O3/c1-21-16(20)10-11-22-15-8-6-13(7-9-15)12-2-4-14(5-3-12)17(18)19/h2-9H,10-11H2,1H3,(H3,18,19). The van der Waals surface area contributed by atoms with Gasteiger partial charge < -0.3 is 15.2 Å². The summed E-state index contributed by atoms with van der Waals surface area (Å²) < 4.78 is 10.0. The van der Waals surface area contributed by atoms with Crippen LogP contribution in [0.25, 0.3) is 11.1 Å². The molecule has 114 valence electrons. The largest absolute Gasteiger partial charge is 0.493 e. The summed E-state index contributed by atoms with van der Waals surface area (Å²) in [4.78, 5) is 11.0. The fraction of sp³-hybridized carbons (Fsp3) is 0.176. The van der Waals surface area contributed by atoms with Crippen molar-refractivity contribution in [3.8, 4) is 16.9 Å². The Kier molecular flexibility index (Phi) is 5.14. The molecule has 3 N–H and O–H groups in total. The van der Waals surface area contributed by atoms with Crippen LogP contribution in [0.2, 0.25) is 0 Å². The summed E-state index contributed by atoms with van der Waals surface area (Å²) in [5, 5.41) is 7.38. The predicted molar refractivity (Wildman–Crippen MR) is 85.0 cm³/mol. The second kappa shape index (κ2) is 7.26. The van der Waals surface area contributed by atoms with Gasteiger partial charge in [0.1, 0.15) is 11.6 Å². The number of methoxy groups -OCH3 is 1. The second-order valence-electron chi connectivity index (χ2n) is 4.69. The first-order chi connectivity index (χ1) is 10.6. The third-order valence-corrected chi connectivity index (χ3v) is 3.19. The van der Waals surface area contributed by atoms with Crippen molar-refractivity contribution in [1.82, 2.24) is 0 Å². The van der Waals surface area contributed by atoms with Crippen LogP contribution in [0.5, 0.6) is 5.75 Å². The Labute approximate surface area is 129 Å². The van der Waals surface area contributed by atoms with Crippen LogP contribution in [0, 0.1) is 5.41 Å². The predicted octanol–water partition coefficient (Wildman–Crippen LogP) is 2.58. The molecular formula is C17H18N2O3. The van der Waals surface area contributed by atoms with Gasteiger partial charge in [-0.15, -0.1) is 0 Å². The highest BCUT2D eigenvalue weighted by molar-refractivity contribution is 5.95. The minimum atomic E-state index is -0.290. The van der Waals surface area contributed by atoms with Crippen molar-refractivity contribution < 1.29 is 14.3 Å². The van der Waals surface area contributed by atoms with Crippen LogP contribution in [-0.2, 0) is 9.53 Å². The fourth-order valence-corrected chi connectivity index (χ4v) is 1.94. The number of nitrogens with one attached hydrogen (secondary N) is 1. The summed E-state index contributed by atoms with van der Waals surface area (Å²) in [5.41, 5.74) is 8.21. The van der Waals surface area contributed by atoms with Gasteiger partial charge in [-0.2, -0.15) is 0 Å². The van der Waals surface area contributed by atoms with E-state index in [0.717, 1.165) is 11.1 Å². The molecule has 0 spiro atoms. The third kappa shape index (κ3) is 4.09. The summed E-state index contributed by atoms with van der Waals surface area (Å²) in [5.74, 6) is 0.469. The molecule has 2 aromatic rings. The molecule has 0 atom stereocenters. The maximum atomic E-state index is 11.0. The smallest absolute Gasteiger partial charge is 0.308 e. The Morgan fingerprint density at radius 2 is 1.59 bits per heavy atom. The first-order valence-electron chi connectivity index (χ1n) is 6.84. The minimum absolute atomic E-state index is 0.0564. The van der Waals surface area contributed by atoms with Crippen LogP contribution in [-0.4, -0.2) is 25.5 Å². The van der Waals surface area contributed by atoms with Crippen molar-refractivity contribution in [3.63, 3.8) is 0 Å². The van der Waals surface area contributed by atoms with Crippen LogP contribution >= 0.6 is 0 Å². The normalized spacial score (nSPS) is 10.0. The van der Waals surface area contributed by atoms with Crippen LogP contribution in [0.3, 0.4) is 0 Å². The highest BCUT2D eigenvalue weighted by atomic mass is 16.5. The van der Waals surface area contributed by atoms with Crippen molar-refractivity contribution >= 4 is 11.8 Å². The Morgan fingerprint density at radius 1 is 1.05 bits per heavy atom. The Hall–Kier alpha value is -2.82. The number of esters is 1. The zero-order valence-electron chi connectivity index (χ0n) is 12.3. The van der Waals surface area contributed by atoms with E-state index in [9.17, 15) is 4.79 Å². The molecule has 0 unspecified atom stereocenters. The van der Waals surface area contributed by atoms with Crippen molar-refractivity contribution in [2.24, 2.45) is 5.73 Å². The Morgan fingerprint density at radius 3 is 2.09 bits per heavy atom. The summed E-state index contributed by atoms with van der Waals surface area (Å²) in [6.07, 6.45) is 0.227. The lowest BCUT2D eigenvalue weighted by atomic mass is 10.0. The molecule has 5 nitrogen and oxygen atoms in total. The number of amidine groups is 1. The van der Waals surface area contributed by atoms with E-state index in [4.69, 9.17) is 15.9 Å². The van der Waals surface area contributed by atoms with Gasteiger partial charge in [-0.3, -0.25) is 10.2 Å². The third-order valence-electron chi connectivity index (χ3n) is 3.19. The lowest BCUT2D eigenvalue weighted by Gasteiger charge is -2.07. The molecule has 2 rings (SSSR count). The zero-order valence-corrected chi connectivity index (χ0v) is 12.3. The van der Waals surface area contributed by atoms with Crippen LogP contribution in [0.4, 0.5) is 0 Å². The van der Waals surface area contributed by atoms with Gasteiger partial charge in [0, 0.05) is 5.56 Å². The van der Waals surface area contributed by atoms with Crippen molar-refractivity contribution in [2.75, 3.05) is 13.7 Å². The molecule has 0 saturated heterocycles. The van der Waals surface area contributed by atoms with Gasteiger partial charge in [-0.05, 0) is 23.3 Å². The number of benzene rings is 2. The van der Waals surface area contributed by atoms with Gasteiger partial charge in [-0.25, -0.2) is 0 Å². The topological polar surface area (TPSA) is 85.4 Å². The van der Waals surface area contributed by atoms with Crippen LogP contribution in [0.1, 0.15) is 12.0 Å². The van der Waals surface area contributed by atoms with Crippen LogP contribution < -0.4 is 10.5 Å². The molecule has 5 heteroatoms. The van der Waals surface area contributed by atoms with E-state index in [1.807, 2.05) is 48.5 Å². The summed E-state index contributed by atoms with van der Waals surface area (Å²) in [6, 6.07) is 15.1. The van der Waals surface area contributed by atoms with Gasteiger partial charge >= 0.3 is 5.97 Å². The molecule has 0 saturated carbocycles. The van der Waals surface area contributed by atoms with E-state index in [1.54, 1.807) is 0 Å². The number of carbonyl (C=O) groups excluding carboxylic acids is 1. The van der Waals surface area contributed by atoms with Gasteiger partial charge in [0.25, 0.3) is 0 Å². The highest BCUT2D eigenvalue weighted by Crippen LogP contribution is 2.22. The maximum absolute atomic E-state index is 11.0. The van der Waals surface area contributed by atoms with Crippen LogP contribution in [0.15, 0.2) is 48.5 Å². The summed E-state index contributed by atoms with van der Waals surface area (Å²) >= 11 is 0. The Balaban J connectivity index is 1.99. The number of carbonyl (C=O) groups is 1. The van der Waals surface area contributed by atoms with Gasteiger partial charge in [-0.1, -0.05) is 36.4 Å². The zero-order chi connectivity index (χ0) is 15.9. The first kappa shape index (κ1) is 15.6.